The molecule has 0 radical (unpaired) electrons. The number of hydrogen-bond donors (Lipinski definition) is 0. The minimum absolute atomic E-state index is 0.0361. The molecule has 35 heavy (non-hydrogen) atoms. The number of likely N-dealkylation sites (tertiary alicyclic amines) is 1. The lowest BCUT2D eigenvalue weighted by Gasteiger charge is -2.37. The third-order valence-corrected chi connectivity index (χ3v) is 7.74. The highest BCUT2D eigenvalue weighted by molar-refractivity contribution is 6.07. The molecule has 1 atom stereocenters. The van der Waals surface area contributed by atoms with Crippen LogP contribution in [0, 0.1) is 11.8 Å². The van der Waals surface area contributed by atoms with E-state index in [0.29, 0.717) is 38.4 Å². The van der Waals surface area contributed by atoms with Crippen LogP contribution in [0.15, 0.2) is 66.7 Å². The number of nitrogens with zero attached hydrogens (tertiary/aromatic N) is 2. The van der Waals surface area contributed by atoms with E-state index in [9.17, 15) is 9.59 Å². The number of ether oxygens (including phenoxy) is 1. The molecule has 182 valence electrons. The summed E-state index contributed by atoms with van der Waals surface area (Å²) < 4.78 is 5.28. The first kappa shape index (κ1) is 23.4. The monoisotopic (exact) mass is 470 g/mol. The van der Waals surface area contributed by atoms with Gasteiger partial charge in [0.25, 0.3) is 5.91 Å². The number of carbonyl (C=O) groups excluding carboxylic acids is 2. The van der Waals surface area contributed by atoms with Crippen molar-refractivity contribution in [2.24, 2.45) is 11.8 Å². The molecular weight excluding hydrogens is 436 g/mol. The predicted octanol–water partition coefficient (Wildman–Crippen LogP) is 5.53. The van der Waals surface area contributed by atoms with Gasteiger partial charge in [-0.1, -0.05) is 48.5 Å². The Balaban J connectivity index is 1.26. The minimum atomic E-state index is -0.0361. The first-order valence-electron chi connectivity index (χ1n) is 12.8. The standard InChI is InChI=1S/C30H34N2O3/c1-21(23-12-13-23)32(20-22-10-14-26(35-2)15-11-22)29(33)25-16-18-31(19-17-25)30(34)28-9-5-7-24-6-3-4-8-27(24)28/h3-11,14-15,21,23,25H,12-13,16-20H2,1-2H3. The zero-order valence-electron chi connectivity index (χ0n) is 20.7. The first-order chi connectivity index (χ1) is 17.0. The molecule has 0 aromatic heterocycles. The van der Waals surface area contributed by atoms with Crippen molar-refractivity contribution in [2.75, 3.05) is 20.2 Å². The lowest BCUT2D eigenvalue weighted by Crippen LogP contribution is -2.47. The summed E-state index contributed by atoms with van der Waals surface area (Å²) in [4.78, 5) is 31.1. The number of benzene rings is 3. The molecule has 3 aromatic rings. The SMILES string of the molecule is COc1ccc(CN(C(=O)C2CCN(C(=O)c3cccc4ccccc34)CC2)C(C)C2CC2)cc1. The zero-order chi connectivity index (χ0) is 24.4. The fourth-order valence-electron chi connectivity index (χ4n) is 5.33. The van der Waals surface area contributed by atoms with Crippen LogP contribution in [-0.2, 0) is 11.3 Å². The van der Waals surface area contributed by atoms with Gasteiger partial charge in [-0.15, -0.1) is 0 Å². The molecule has 0 spiro atoms. The fourth-order valence-corrected chi connectivity index (χ4v) is 5.33. The summed E-state index contributed by atoms with van der Waals surface area (Å²) in [6.07, 6.45) is 3.83. The van der Waals surface area contributed by atoms with Crippen LogP contribution in [0.3, 0.4) is 0 Å². The molecule has 2 amide bonds. The molecule has 5 rings (SSSR count). The van der Waals surface area contributed by atoms with Gasteiger partial charge in [0.05, 0.1) is 7.11 Å². The third-order valence-electron chi connectivity index (χ3n) is 7.74. The molecule has 2 aliphatic rings. The van der Waals surface area contributed by atoms with Crippen LogP contribution in [0.2, 0.25) is 0 Å². The number of methoxy groups -OCH3 is 1. The van der Waals surface area contributed by atoms with E-state index < -0.39 is 0 Å². The highest BCUT2D eigenvalue weighted by Gasteiger charge is 2.38. The van der Waals surface area contributed by atoms with Crippen molar-refractivity contribution < 1.29 is 14.3 Å². The van der Waals surface area contributed by atoms with E-state index in [4.69, 9.17) is 4.74 Å². The number of fused-ring (bicyclic) bond motifs is 1. The molecule has 1 saturated carbocycles. The molecule has 1 saturated heterocycles. The number of amides is 2. The van der Waals surface area contributed by atoms with E-state index >= 15 is 0 Å². The molecule has 1 unspecified atom stereocenters. The Bertz CT molecular complexity index is 1190. The number of rotatable bonds is 7. The minimum Gasteiger partial charge on any atom is -0.497 e. The second-order valence-corrected chi connectivity index (χ2v) is 9.99. The lowest BCUT2D eigenvalue weighted by atomic mass is 9.93. The van der Waals surface area contributed by atoms with Gasteiger partial charge in [0.15, 0.2) is 0 Å². The normalized spacial score (nSPS) is 17.3. The maximum Gasteiger partial charge on any atom is 0.254 e. The topological polar surface area (TPSA) is 49.9 Å². The predicted molar refractivity (Wildman–Crippen MR) is 138 cm³/mol. The first-order valence-corrected chi connectivity index (χ1v) is 12.8. The van der Waals surface area contributed by atoms with E-state index in [2.05, 4.69) is 11.8 Å². The van der Waals surface area contributed by atoms with Crippen molar-refractivity contribution in [3.05, 3.63) is 77.9 Å². The fraction of sp³-hybridized carbons (Fsp3) is 0.400. The molecule has 5 nitrogen and oxygen atoms in total. The van der Waals surface area contributed by atoms with Gasteiger partial charge < -0.3 is 14.5 Å². The van der Waals surface area contributed by atoms with E-state index in [1.54, 1.807) is 7.11 Å². The molecule has 1 heterocycles. The van der Waals surface area contributed by atoms with Gasteiger partial charge in [-0.2, -0.15) is 0 Å². The second kappa shape index (κ2) is 10.1. The van der Waals surface area contributed by atoms with Crippen LogP contribution in [0.5, 0.6) is 5.75 Å². The highest BCUT2D eigenvalue weighted by Crippen LogP contribution is 2.37. The molecular formula is C30H34N2O3. The van der Waals surface area contributed by atoms with Crippen molar-refractivity contribution in [1.29, 1.82) is 0 Å². The van der Waals surface area contributed by atoms with E-state index in [-0.39, 0.29) is 23.8 Å². The number of hydrogen-bond acceptors (Lipinski definition) is 3. The summed E-state index contributed by atoms with van der Waals surface area (Å²) in [5.74, 6) is 1.69. The van der Waals surface area contributed by atoms with Crippen LogP contribution in [0.25, 0.3) is 10.8 Å². The van der Waals surface area contributed by atoms with Gasteiger partial charge in [-0.05, 0) is 73.1 Å². The summed E-state index contributed by atoms with van der Waals surface area (Å²) in [7, 11) is 1.66. The van der Waals surface area contributed by atoms with Crippen molar-refractivity contribution in [2.45, 2.75) is 45.2 Å². The van der Waals surface area contributed by atoms with E-state index in [0.717, 1.165) is 27.6 Å². The van der Waals surface area contributed by atoms with Crippen LogP contribution < -0.4 is 4.74 Å². The van der Waals surface area contributed by atoms with Gasteiger partial charge in [0.1, 0.15) is 5.75 Å². The van der Waals surface area contributed by atoms with E-state index in [1.165, 1.54) is 12.8 Å². The summed E-state index contributed by atoms with van der Waals surface area (Å²) in [6, 6.07) is 22.1. The third kappa shape index (κ3) is 5.04. The Morgan fingerprint density at radius 3 is 2.31 bits per heavy atom. The number of piperidine rings is 1. The number of carbonyl (C=O) groups is 2. The summed E-state index contributed by atoms with van der Waals surface area (Å²) >= 11 is 0. The summed E-state index contributed by atoms with van der Waals surface area (Å²) in [6.45, 7) is 4.05. The molecule has 1 aliphatic carbocycles. The van der Waals surface area contributed by atoms with Crippen LogP contribution in [0.1, 0.15) is 48.5 Å². The quantitative estimate of drug-likeness (QED) is 0.456. The van der Waals surface area contributed by atoms with Gasteiger partial charge in [-0.3, -0.25) is 9.59 Å². The lowest BCUT2D eigenvalue weighted by molar-refractivity contribution is -0.140. The average molecular weight is 471 g/mol. The Labute approximate surface area is 207 Å². The zero-order valence-corrected chi connectivity index (χ0v) is 20.7. The second-order valence-electron chi connectivity index (χ2n) is 9.99. The highest BCUT2D eigenvalue weighted by atomic mass is 16.5. The van der Waals surface area contributed by atoms with Gasteiger partial charge >= 0.3 is 0 Å². The van der Waals surface area contributed by atoms with Crippen LogP contribution in [-0.4, -0.2) is 47.9 Å². The maximum absolute atomic E-state index is 13.7. The smallest absolute Gasteiger partial charge is 0.254 e. The molecule has 0 N–H and O–H groups in total. The van der Waals surface area contributed by atoms with Gasteiger partial charge in [0, 0.05) is 37.2 Å². The Kier molecular flexibility index (Phi) is 6.76. The van der Waals surface area contributed by atoms with E-state index in [1.807, 2.05) is 71.6 Å². The van der Waals surface area contributed by atoms with Crippen molar-refractivity contribution >= 4 is 22.6 Å². The Morgan fingerprint density at radius 1 is 0.943 bits per heavy atom. The molecule has 5 heteroatoms. The van der Waals surface area contributed by atoms with Crippen molar-refractivity contribution in [3.8, 4) is 5.75 Å². The summed E-state index contributed by atoms with van der Waals surface area (Å²) in [5.41, 5.74) is 1.87. The Hall–Kier alpha value is -3.34. The van der Waals surface area contributed by atoms with Gasteiger partial charge in [-0.25, -0.2) is 0 Å². The molecule has 2 fully saturated rings. The average Bonchev–Trinajstić information content (AvgIpc) is 3.76. The molecule has 3 aromatic carbocycles. The largest absolute Gasteiger partial charge is 0.497 e. The van der Waals surface area contributed by atoms with Crippen LogP contribution >= 0.6 is 0 Å². The Morgan fingerprint density at radius 2 is 1.63 bits per heavy atom. The maximum atomic E-state index is 13.7. The summed E-state index contributed by atoms with van der Waals surface area (Å²) in [5, 5.41) is 2.06. The van der Waals surface area contributed by atoms with Crippen molar-refractivity contribution in [3.63, 3.8) is 0 Å². The van der Waals surface area contributed by atoms with Gasteiger partial charge in [0.2, 0.25) is 5.91 Å². The van der Waals surface area contributed by atoms with Crippen LogP contribution in [0.4, 0.5) is 0 Å². The van der Waals surface area contributed by atoms with Crippen molar-refractivity contribution in [1.82, 2.24) is 9.80 Å². The molecule has 0 bridgehead atoms. The molecule has 1 aliphatic heterocycles.